The van der Waals surface area contributed by atoms with Gasteiger partial charge in [-0.3, -0.25) is 9.59 Å². The second-order valence-electron chi connectivity index (χ2n) is 6.34. The number of carbonyl (C=O) groups is 2. The average Bonchev–Trinajstić information content (AvgIpc) is 3.07. The Morgan fingerprint density at radius 1 is 1.25 bits per heavy atom. The fourth-order valence-electron chi connectivity index (χ4n) is 3.79. The van der Waals surface area contributed by atoms with Gasteiger partial charge in [-0.25, -0.2) is 0 Å². The number of carbonyl (C=O) groups excluding carboxylic acids is 2. The Morgan fingerprint density at radius 2 is 2.05 bits per heavy atom. The second kappa shape index (κ2) is 5.72. The van der Waals surface area contributed by atoms with Crippen molar-refractivity contribution in [3.63, 3.8) is 0 Å². The first kappa shape index (κ1) is 13.9. The average molecular weight is 280 g/mol. The Labute approximate surface area is 120 Å². The van der Waals surface area contributed by atoms with Crippen LogP contribution in [-0.2, 0) is 14.3 Å². The Hall–Kier alpha value is -1.10. The summed E-state index contributed by atoms with van der Waals surface area (Å²) in [6.45, 7) is 1.79. The summed E-state index contributed by atoms with van der Waals surface area (Å²) < 4.78 is 5.60. The van der Waals surface area contributed by atoms with Gasteiger partial charge in [0.1, 0.15) is 5.54 Å². The maximum atomic E-state index is 12.6. The van der Waals surface area contributed by atoms with Gasteiger partial charge in [-0.1, -0.05) is 12.8 Å². The first-order valence-electron chi connectivity index (χ1n) is 7.92. The summed E-state index contributed by atoms with van der Waals surface area (Å²) in [5, 5.41) is 2.95. The Kier molecular flexibility index (Phi) is 3.96. The molecule has 1 atom stereocenters. The first-order chi connectivity index (χ1) is 9.70. The Balaban J connectivity index is 1.54. The maximum absolute atomic E-state index is 12.6. The zero-order chi connectivity index (χ0) is 14.0. The van der Waals surface area contributed by atoms with Crippen molar-refractivity contribution >= 4 is 11.8 Å². The summed E-state index contributed by atoms with van der Waals surface area (Å²) in [6, 6.07) is 0. The van der Waals surface area contributed by atoms with Crippen LogP contribution in [0.25, 0.3) is 0 Å². The molecule has 0 bridgehead atoms. The molecule has 3 rings (SSSR count). The topological polar surface area (TPSA) is 58.6 Å². The normalized spacial score (nSPS) is 29.2. The van der Waals surface area contributed by atoms with Crippen molar-refractivity contribution < 1.29 is 14.3 Å². The number of hydrogen-bond donors (Lipinski definition) is 1. The molecule has 0 radical (unpaired) electrons. The lowest BCUT2D eigenvalue weighted by atomic mass is 9.93. The van der Waals surface area contributed by atoms with Gasteiger partial charge in [-0.15, -0.1) is 0 Å². The van der Waals surface area contributed by atoms with E-state index < -0.39 is 5.54 Å². The van der Waals surface area contributed by atoms with Crippen LogP contribution in [0.3, 0.4) is 0 Å². The molecule has 112 valence electrons. The number of hydrogen-bond acceptors (Lipinski definition) is 3. The molecule has 2 heterocycles. The van der Waals surface area contributed by atoms with E-state index in [1.807, 2.05) is 0 Å². The zero-order valence-electron chi connectivity index (χ0n) is 12.0. The third kappa shape index (κ3) is 2.68. The van der Waals surface area contributed by atoms with Crippen LogP contribution in [0.4, 0.5) is 0 Å². The minimum Gasteiger partial charge on any atom is -0.378 e. The van der Waals surface area contributed by atoms with E-state index in [1.54, 1.807) is 4.90 Å². The molecule has 0 aromatic rings. The Morgan fingerprint density at radius 3 is 2.75 bits per heavy atom. The van der Waals surface area contributed by atoms with Crippen LogP contribution in [0.1, 0.15) is 51.4 Å². The molecule has 1 N–H and O–H groups in total. The molecule has 3 aliphatic rings. The third-order valence-corrected chi connectivity index (χ3v) is 4.84. The minimum absolute atomic E-state index is 0.00335. The van der Waals surface area contributed by atoms with E-state index in [2.05, 4.69) is 5.32 Å². The SMILES string of the molecule is O=C1CN(CCCC2CCCO2)C(=O)C2(CCCC2)N1. The highest BCUT2D eigenvalue weighted by molar-refractivity contribution is 5.98. The lowest BCUT2D eigenvalue weighted by Gasteiger charge is -2.39. The van der Waals surface area contributed by atoms with Gasteiger partial charge in [0.05, 0.1) is 12.6 Å². The van der Waals surface area contributed by atoms with Crippen molar-refractivity contribution in [1.29, 1.82) is 0 Å². The van der Waals surface area contributed by atoms with Crippen molar-refractivity contribution in [2.75, 3.05) is 19.7 Å². The molecule has 5 heteroatoms. The number of ether oxygens (including phenoxy) is 1. The molecule has 1 spiro atoms. The van der Waals surface area contributed by atoms with Crippen LogP contribution in [-0.4, -0.2) is 48.1 Å². The summed E-state index contributed by atoms with van der Waals surface area (Å²) in [7, 11) is 0. The van der Waals surface area contributed by atoms with Gasteiger partial charge in [0.2, 0.25) is 11.8 Å². The smallest absolute Gasteiger partial charge is 0.248 e. The minimum atomic E-state index is -0.570. The monoisotopic (exact) mass is 280 g/mol. The summed E-state index contributed by atoms with van der Waals surface area (Å²) >= 11 is 0. The van der Waals surface area contributed by atoms with E-state index in [-0.39, 0.29) is 18.4 Å². The fourth-order valence-corrected chi connectivity index (χ4v) is 3.79. The van der Waals surface area contributed by atoms with Crippen molar-refractivity contribution in [2.24, 2.45) is 0 Å². The van der Waals surface area contributed by atoms with Crippen molar-refractivity contribution in [3.05, 3.63) is 0 Å². The molecule has 1 aliphatic carbocycles. The van der Waals surface area contributed by atoms with Crippen molar-refractivity contribution in [2.45, 2.75) is 63.0 Å². The van der Waals surface area contributed by atoms with E-state index >= 15 is 0 Å². The molecule has 3 fully saturated rings. The van der Waals surface area contributed by atoms with Crippen LogP contribution in [0, 0.1) is 0 Å². The molecular weight excluding hydrogens is 256 g/mol. The van der Waals surface area contributed by atoms with Crippen LogP contribution >= 0.6 is 0 Å². The van der Waals surface area contributed by atoms with Gasteiger partial charge in [0.15, 0.2) is 0 Å². The summed E-state index contributed by atoms with van der Waals surface area (Å²) in [5.41, 5.74) is -0.570. The second-order valence-corrected chi connectivity index (χ2v) is 6.34. The number of nitrogens with zero attached hydrogens (tertiary/aromatic N) is 1. The summed E-state index contributed by atoms with van der Waals surface area (Å²) in [4.78, 5) is 26.2. The lowest BCUT2D eigenvalue weighted by Crippen LogP contribution is -2.65. The highest BCUT2D eigenvalue weighted by atomic mass is 16.5. The number of nitrogens with one attached hydrogen (secondary N) is 1. The first-order valence-corrected chi connectivity index (χ1v) is 7.92. The van der Waals surface area contributed by atoms with Crippen LogP contribution in [0.2, 0.25) is 0 Å². The predicted octanol–water partition coefficient (Wildman–Crippen LogP) is 1.22. The third-order valence-electron chi connectivity index (χ3n) is 4.84. The molecule has 0 aromatic carbocycles. The predicted molar refractivity (Wildman–Crippen MR) is 74.1 cm³/mol. The number of rotatable bonds is 4. The highest BCUT2D eigenvalue weighted by Crippen LogP contribution is 2.33. The summed E-state index contributed by atoms with van der Waals surface area (Å²) in [5.74, 6) is 0.144. The van der Waals surface area contributed by atoms with E-state index in [4.69, 9.17) is 4.74 Å². The lowest BCUT2D eigenvalue weighted by molar-refractivity contribution is -0.149. The van der Waals surface area contributed by atoms with E-state index in [0.717, 1.165) is 58.0 Å². The molecule has 1 saturated carbocycles. The van der Waals surface area contributed by atoms with Gasteiger partial charge in [-0.2, -0.15) is 0 Å². The van der Waals surface area contributed by atoms with Gasteiger partial charge < -0.3 is 15.0 Å². The molecule has 1 unspecified atom stereocenters. The maximum Gasteiger partial charge on any atom is 0.248 e. The van der Waals surface area contributed by atoms with Gasteiger partial charge in [0, 0.05) is 13.2 Å². The van der Waals surface area contributed by atoms with Crippen LogP contribution < -0.4 is 5.32 Å². The molecule has 5 nitrogen and oxygen atoms in total. The van der Waals surface area contributed by atoms with E-state index in [9.17, 15) is 9.59 Å². The van der Waals surface area contributed by atoms with Gasteiger partial charge in [0.25, 0.3) is 0 Å². The molecule has 0 aromatic heterocycles. The summed E-state index contributed by atoms with van der Waals surface area (Å²) in [6.07, 6.45) is 8.27. The van der Waals surface area contributed by atoms with Crippen LogP contribution in [0.15, 0.2) is 0 Å². The molecule has 20 heavy (non-hydrogen) atoms. The molecule has 2 saturated heterocycles. The molecule has 2 aliphatic heterocycles. The molecular formula is C15H24N2O3. The zero-order valence-corrected chi connectivity index (χ0v) is 12.0. The molecule has 2 amide bonds. The van der Waals surface area contributed by atoms with Crippen molar-refractivity contribution in [1.82, 2.24) is 10.2 Å². The standard InChI is InChI=1S/C15H24N2O3/c18-13-11-17(9-3-5-12-6-4-10-20-12)14(19)15(16-13)7-1-2-8-15/h12H,1-11H2,(H,16,18). The van der Waals surface area contributed by atoms with E-state index in [0.29, 0.717) is 12.6 Å². The quantitative estimate of drug-likeness (QED) is 0.842. The largest absolute Gasteiger partial charge is 0.378 e. The number of piperazine rings is 1. The fraction of sp³-hybridized carbons (Fsp3) is 0.867. The highest BCUT2D eigenvalue weighted by Gasteiger charge is 2.47. The van der Waals surface area contributed by atoms with Crippen molar-refractivity contribution in [3.8, 4) is 0 Å². The van der Waals surface area contributed by atoms with E-state index in [1.165, 1.54) is 0 Å². The Bertz CT molecular complexity index is 385. The van der Waals surface area contributed by atoms with Gasteiger partial charge >= 0.3 is 0 Å². The van der Waals surface area contributed by atoms with Gasteiger partial charge in [-0.05, 0) is 38.5 Å². The number of amides is 2. The van der Waals surface area contributed by atoms with Crippen LogP contribution in [0.5, 0.6) is 0 Å².